The normalized spacial score (nSPS) is 18.3. The highest BCUT2D eigenvalue weighted by Gasteiger charge is 2.18. The summed E-state index contributed by atoms with van der Waals surface area (Å²) >= 11 is 0. The standard InChI is InChI=1S/C16H22F2N2O2.ClH/c1-11(13-4-2-3-5-14(13)22-16(17)18)20-15(21)7-6-12-8-9-19-10-12;/h2-5,11-12,16,19H,6-10H2,1H3,(H,20,21);1H. The molecule has 0 bridgehead atoms. The van der Waals surface area contributed by atoms with Crippen LogP contribution in [0.3, 0.4) is 0 Å². The van der Waals surface area contributed by atoms with Crippen LogP contribution in [0.4, 0.5) is 8.78 Å². The van der Waals surface area contributed by atoms with Crippen molar-refractivity contribution in [2.24, 2.45) is 5.92 Å². The van der Waals surface area contributed by atoms with Gasteiger partial charge in [0.05, 0.1) is 6.04 Å². The molecule has 2 atom stereocenters. The van der Waals surface area contributed by atoms with Crippen LogP contribution < -0.4 is 15.4 Å². The zero-order valence-electron chi connectivity index (χ0n) is 13.1. The molecule has 2 unspecified atom stereocenters. The molecule has 0 aliphatic carbocycles. The lowest BCUT2D eigenvalue weighted by Gasteiger charge is -2.18. The molecule has 1 aromatic carbocycles. The second-order valence-electron chi connectivity index (χ2n) is 5.60. The van der Waals surface area contributed by atoms with E-state index < -0.39 is 6.61 Å². The van der Waals surface area contributed by atoms with Crippen LogP contribution in [0.2, 0.25) is 0 Å². The molecule has 1 aliphatic heterocycles. The number of nitrogens with one attached hydrogen (secondary N) is 2. The maximum absolute atomic E-state index is 12.4. The lowest BCUT2D eigenvalue weighted by Crippen LogP contribution is -2.27. The zero-order valence-corrected chi connectivity index (χ0v) is 13.9. The quantitative estimate of drug-likeness (QED) is 0.795. The summed E-state index contributed by atoms with van der Waals surface area (Å²) in [5, 5.41) is 6.12. The van der Waals surface area contributed by atoms with Crippen molar-refractivity contribution in [3.8, 4) is 5.75 Å². The minimum absolute atomic E-state index is 0. The summed E-state index contributed by atoms with van der Waals surface area (Å²) in [5.41, 5.74) is 0.554. The molecule has 1 aromatic rings. The largest absolute Gasteiger partial charge is 0.434 e. The smallest absolute Gasteiger partial charge is 0.387 e. The molecule has 0 aromatic heterocycles. The number of carbonyl (C=O) groups excluding carboxylic acids is 1. The molecule has 7 heteroatoms. The van der Waals surface area contributed by atoms with Gasteiger partial charge in [-0.15, -0.1) is 12.4 Å². The van der Waals surface area contributed by atoms with Gasteiger partial charge in [-0.25, -0.2) is 0 Å². The van der Waals surface area contributed by atoms with Gasteiger partial charge in [0.25, 0.3) is 0 Å². The number of carbonyl (C=O) groups is 1. The van der Waals surface area contributed by atoms with Gasteiger partial charge in [0.1, 0.15) is 5.75 Å². The number of amides is 1. The molecule has 1 aliphatic rings. The molecule has 2 N–H and O–H groups in total. The van der Waals surface area contributed by atoms with Crippen molar-refractivity contribution < 1.29 is 18.3 Å². The fourth-order valence-electron chi connectivity index (χ4n) is 2.73. The molecule has 1 heterocycles. The SMILES string of the molecule is CC(NC(=O)CCC1CCNC1)c1ccccc1OC(F)F.Cl. The predicted molar refractivity (Wildman–Crippen MR) is 87.1 cm³/mol. The lowest BCUT2D eigenvalue weighted by atomic mass is 10.0. The van der Waals surface area contributed by atoms with Crippen LogP contribution >= 0.6 is 12.4 Å². The molecule has 2 rings (SSSR count). The Bertz CT molecular complexity index is 497. The maximum Gasteiger partial charge on any atom is 0.387 e. The minimum Gasteiger partial charge on any atom is -0.434 e. The number of hydrogen-bond acceptors (Lipinski definition) is 3. The van der Waals surface area contributed by atoms with Crippen LogP contribution in [0.25, 0.3) is 0 Å². The number of para-hydroxylation sites is 1. The second kappa shape index (κ2) is 9.67. The lowest BCUT2D eigenvalue weighted by molar-refractivity contribution is -0.122. The van der Waals surface area contributed by atoms with Crippen molar-refractivity contribution >= 4 is 18.3 Å². The van der Waals surface area contributed by atoms with Gasteiger partial charge in [-0.1, -0.05) is 18.2 Å². The molecule has 0 saturated carbocycles. The highest BCUT2D eigenvalue weighted by molar-refractivity contribution is 5.85. The number of benzene rings is 1. The number of rotatable bonds is 7. The summed E-state index contributed by atoms with van der Waals surface area (Å²) in [4.78, 5) is 12.0. The van der Waals surface area contributed by atoms with Crippen molar-refractivity contribution in [1.82, 2.24) is 10.6 Å². The first-order chi connectivity index (χ1) is 10.6. The fraction of sp³-hybridized carbons (Fsp3) is 0.562. The van der Waals surface area contributed by atoms with E-state index in [4.69, 9.17) is 0 Å². The molecule has 23 heavy (non-hydrogen) atoms. The first kappa shape index (κ1) is 19.6. The Balaban J connectivity index is 0.00000264. The van der Waals surface area contributed by atoms with E-state index in [0.717, 1.165) is 25.9 Å². The van der Waals surface area contributed by atoms with Crippen molar-refractivity contribution in [3.63, 3.8) is 0 Å². The predicted octanol–water partition coefficient (Wildman–Crippen LogP) is 3.28. The first-order valence-corrected chi connectivity index (χ1v) is 7.60. The Morgan fingerprint density at radius 2 is 2.17 bits per heavy atom. The molecule has 4 nitrogen and oxygen atoms in total. The van der Waals surface area contributed by atoms with Crippen molar-refractivity contribution in [3.05, 3.63) is 29.8 Å². The molecule has 1 fully saturated rings. The Labute approximate surface area is 141 Å². The van der Waals surface area contributed by atoms with Crippen molar-refractivity contribution in [2.45, 2.75) is 38.8 Å². The Morgan fingerprint density at radius 3 is 2.83 bits per heavy atom. The summed E-state index contributed by atoms with van der Waals surface area (Å²) in [7, 11) is 0. The highest BCUT2D eigenvalue weighted by atomic mass is 35.5. The second-order valence-corrected chi connectivity index (χ2v) is 5.60. The summed E-state index contributed by atoms with van der Waals surface area (Å²) in [5.74, 6) is 0.590. The number of halogens is 3. The Morgan fingerprint density at radius 1 is 1.43 bits per heavy atom. The Kier molecular flexibility index (Phi) is 8.26. The summed E-state index contributed by atoms with van der Waals surface area (Å²) in [6.07, 6.45) is 2.41. The topological polar surface area (TPSA) is 50.4 Å². The average Bonchev–Trinajstić information content (AvgIpc) is 2.98. The van der Waals surface area contributed by atoms with E-state index in [2.05, 4.69) is 15.4 Å². The van der Waals surface area contributed by atoms with Gasteiger partial charge in [0, 0.05) is 12.0 Å². The van der Waals surface area contributed by atoms with Crippen LogP contribution in [-0.4, -0.2) is 25.6 Å². The van der Waals surface area contributed by atoms with Gasteiger partial charge in [-0.3, -0.25) is 4.79 Å². The number of ether oxygens (including phenoxy) is 1. The molecule has 0 spiro atoms. The molecular weight excluding hydrogens is 326 g/mol. The van der Waals surface area contributed by atoms with Crippen LogP contribution in [0.5, 0.6) is 5.75 Å². The molecule has 130 valence electrons. The van der Waals surface area contributed by atoms with Gasteiger partial charge in [0.2, 0.25) is 5.91 Å². The average molecular weight is 349 g/mol. The zero-order chi connectivity index (χ0) is 15.9. The summed E-state index contributed by atoms with van der Waals surface area (Å²) < 4.78 is 29.3. The summed E-state index contributed by atoms with van der Waals surface area (Å²) in [6.45, 7) is 0.872. The van der Waals surface area contributed by atoms with E-state index in [9.17, 15) is 13.6 Å². The van der Waals surface area contributed by atoms with Crippen molar-refractivity contribution in [2.75, 3.05) is 13.1 Å². The van der Waals surface area contributed by atoms with Gasteiger partial charge in [-0.05, 0) is 44.8 Å². The van der Waals surface area contributed by atoms with E-state index in [0.29, 0.717) is 17.9 Å². The molecule has 0 radical (unpaired) electrons. The Hall–Kier alpha value is -1.40. The van der Waals surface area contributed by atoms with Crippen LogP contribution in [0, 0.1) is 5.92 Å². The van der Waals surface area contributed by atoms with Gasteiger partial charge in [-0.2, -0.15) is 8.78 Å². The third kappa shape index (κ3) is 6.31. The van der Waals surface area contributed by atoms with Crippen LogP contribution in [0.15, 0.2) is 24.3 Å². The van der Waals surface area contributed by atoms with E-state index in [1.807, 2.05) is 0 Å². The van der Waals surface area contributed by atoms with Gasteiger partial charge >= 0.3 is 6.61 Å². The van der Waals surface area contributed by atoms with Crippen molar-refractivity contribution in [1.29, 1.82) is 0 Å². The van der Waals surface area contributed by atoms with E-state index in [1.165, 1.54) is 6.07 Å². The van der Waals surface area contributed by atoms with Crippen LogP contribution in [0.1, 0.15) is 37.8 Å². The monoisotopic (exact) mass is 348 g/mol. The third-order valence-electron chi connectivity index (χ3n) is 3.92. The first-order valence-electron chi connectivity index (χ1n) is 7.60. The maximum atomic E-state index is 12.4. The fourth-order valence-corrected chi connectivity index (χ4v) is 2.73. The summed E-state index contributed by atoms with van der Waals surface area (Å²) in [6, 6.07) is 6.16. The number of alkyl halides is 2. The minimum atomic E-state index is -2.88. The number of hydrogen-bond donors (Lipinski definition) is 2. The van der Waals surface area contributed by atoms with E-state index in [1.54, 1.807) is 25.1 Å². The highest BCUT2D eigenvalue weighted by Crippen LogP contribution is 2.26. The van der Waals surface area contributed by atoms with Crippen LogP contribution in [-0.2, 0) is 4.79 Å². The molecule has 1 saturated heterocycles. The molecule has 1 amide bonds. The van der Waals surface area contributed by atoms with Gasteiger partial charge < -0.3 is 15.4 Å². The van der Waals surface area contributed by atoms with E-state index in [-0.39, 0.29) is 30.1 Å². The molecular formula is C16H23ClF2N2O2. The third-order valence-corrected chi connectivity index (χ3v) is 3.92. The van der Waals surface area contributed by atoms with E-state index >= 15 is 0 Å². The van der Waals surface area contributed by atoms with Gasteiger partial charge in [0.15, 0.2) is 0 Å².